The van der Waals surface area contributed by atoms with Gasteiger partial charge in [0.05, 0.1) is 16.6 Å². The van der Waals surface area contributed by atoms with Crippen molar-refractivity contribution in [1.82, 2.24) is 0 Å². The zero-order valence-corrected chi connectivity index (χ0v) is 36.4. The van der Waals surface area contributed by atoms with Crippen molar-refractivity contribution in [3.8, 4) is 44.5 Å². The lowest BCUT2D eigenvalue weighted by atomic mass is 9.67. The topological polar surface area (TPSA) is 16.4 Å². The Balaban J connectivity index is 1.09. The lowest BCUT2D eigenvalue weighted by Gasteiger charge is -2.35. The third-order valence-corrected chi connectivity index (χ3v) is 13.6. The molecule has 2 heteroatoms. The Morgan fingerprint density at radius 2 is 0.955 bits per heavy atom. The van der Waals surface area contributed by atoms with Crippen molar-refractivity contribution in [2.24, 2.45) is 0 Å². The summed E-state index contributed by atoms with van der Waals surface area (Å²) < 4.78 is 46.4. The average molecular weight is 858 g/mol. The van der Waals surface area contributed by atoms with Gasteiger partial charge in [0, 0.05) is 33.1 Å². The van der Waals surface area contributed by atoms with Crippen LogP contribution in [0.5, 0.6) is 0 Å². The van der Waals surface area contributed by atoms with Crippen molar-refractivity contribution in [3.05, 3.63) is 283 Å². The molecular weight excluding hydrogens is 811 g/mol. The van der Waals surface area contributed by atoms with Crippen LogP contribution in [-0.2, 0) is 5.41 Å². The molecule has 0 unspecified atom stereocenters. The standard InChI is InChI=1S/C65H43NO/c1-4-17-44(18-5-1)45-31-33-46(34-32-45)47-35-38-51(39-36-47)66(61-29-15-13-26-56(61)57-27-16-30-62-63(57)58-41-37-48-19-10-11-24-53(48)64(58)67-62)52-40-42-55-54-25-12-14-28-59(54)65(60(55)43-52,49-20-6-2-7-21-49)50-22-8-3-9-23-50/h1-43H/i35D,36D,38D,39D. The van der Waals surface area contributed by atoms with E-state index in [-0.39, 0.29) is 35.4 Å². The van der Waals surface area contributed by atoms with E-state index in [1.165, 1.54) is 0 Å². The molecule has 0 aliphatic heterocycles. The minimum Gasteiger partial charge on any atom is -0.455 e. The molecule has 0 atom stereocenters. The van der Waals surface area contributed by atoms with Gasteiger partial charge in [-0.1, -0.05) is 218 Å². The maximum atomic E-state index is 10.1. The smallest absolute Gasteiger partial charge is 0.143 e. The Labute approximate surface area is 395 Å². The quantitative estimate of drug-likeness (QED) is 0.151. The molecular formula is C65H43NO. The van der Waals surface area contributed by atoms with E-state index in [1.807, 2.05) is 102 Å². The lowest BCUT2D eigenvalue weighted by molar-refractivity contribution is 0.673. The van der Waals surface area contributed by atoms with Crippen molar-refractivity contribution < 1.29 is 9.90 Å². The second-order valence-corrected chi connectivity index (χ2v) is 17.2. The van der Waals surface area contributed by atoms with Crippen molar-refractivity contribution >= 4 is 49.8 Å². The highest BCUT2D eigenvalue weighted by Crippen LogP contribution is 2.57. The largest absolute Gasteiger partial charge is 0.455 e. The average Bonchev–Trinajstić information content (AvgIpc) is 3.97. The Hall–Kier alpha value is -8.72. The van der Waals surface area contributed by atoms with Crippen molar-refractivity contribution in [2.75, 3.05) is 4.90 Å². The summed E-state index contributed by atoms with van der Waals surface area (Å²) in [4.78, 5) is 1.96. The fourth-order valence-corrected chi connectivity index (χ4v) is 10.7. The first kappa shape index (κ1) is 34.7. The maximum Gasteiger partial charge on any atom is 0.143 e. The first-order chi connectivity index (χ1) is 34.9. The molecule has 1 aromatic heterocycles. The lowest BCUT2D eigenvalue weighted by Crippen LogP contribution is -2.28. The van der Waals surface area contributed by atoms with Crippen LogP contribution in [0.4, 0.5) is 17.1 Å². The van der Waals surface area contributed by atoms with Gasteiger partial charge in [0.2, 0.25) is 0 Å². The zero-order chi connectivity index (χ0) is 47.8. The SMILES string of the molecule is [2H]c1c([2H])c(N(c2ccc3c(c2)C(c2ccccc2)(c2ccccc2)c2ccccc2-3)c2ccccc2-c2cccc3oc4c5ccccc5ccc4c23)c([2H])c([2H])c1-c1ccc(-c2ccccc2)cc1. The van der Waals surface area contributed by atoms with Crippen LogP contribution in [0.1, 0.15) is 27.7 Å². The molecule has 0 saturated carbocycles. The molecule has 0 spiro atoms. The van der Waals surface area contributed by atoms with Gasteiger partial charge in [-0.05, 0) is 109 Å². The van der Waals surface area contributed by atoms with Gasteiger partial charge in [-0.3, -0.25) is 0 Å². The second-order valence-electron chi connectivity index (χ2n) is 17.2. The summed E-state index contributed by atoms with van der Waals surface area (Å²) in [6, 6.07) is 80.4. The van der Waals surface area contributed by atoms with Crippen LogP contribution in [0.3, 0.4) is 0 Å². The number of para-hydroxylation sites is 1. The molecule has 2 nitrogen and oxygen atoms in total. The number of rotatable bonds is 8. The monoisotopic (exact) mass is 857 g/mol. The van der Waals surface area contributed by atoms with Gasteiger partial charge in [-0.25, -0.2) is 0 Å². The van der Waals surface area contributed by atoms with Crippen LogP contribution in [-0.4, -0.2) is 0 Å². The van der Waals surface area contributed by atoms with Gasteiger partial charge in [0.1, 0.15) is 11.2 Å². The van der Waals surface area contributed by atoms with Crippen molar-refractivity contribution in [3.63, 3.8) is 0 Å². The highest BCUT2D eigenvalue weighted by Gasteiger charge is 2.46. The zero-order valence-electron chi connectivity index (χ0n) is 40.4. The summed E-state index contributed by atoms with van der Waals surface area (Å²) in [6.45, 7) is 0. The summed E-state index contributed by atoms with van der Waals surface area (Å²) in [5.74, 6) is 0. The van der Waals surface area contributed by atoms with E-state index >= 15 is 0 Å². The van der Waals surface area contributed by atoms with Crippen LogP contribution in [0.15, 0.2) is 265 Å². The summed E-state index contributed by atoms with van der Waals surface area (Å²) in [7, 11) is 0. The van der Waals surface area contributed by atoms with E-state index in [4.69, 9.17) is 4.42 Å². The highest BCUT2D eigenvalue weighted by molar-refractivity contribution is 6.19. The van der Waals surface area contributed by atoms with Gasteiger partial charge < -0.3 is 9.32 Å². The summed E-state index contributed by atoms with van der Waals surface area (Å²) in [5, 5.41) is 4.05. The van der Waals surface area contributed by atoms with E-state index in [0.29, 0.717) is 16.9 Å². The van der Waals surface area contributed by atoms with Crippen LogP contribution < -0.4 is 4.90 Å². The van der Waals surface area contributed by atoms with Crippen molar-refractivity contribution in [1.29, 1.82) is 0 Å². The van der Waals surface area contributed by atoms with Crippen LogP contribution in [0, 0.1) is 0 Å². The molecule has 0 N–H and O–H groups in total. The number of hydrogen-bond donors (Lipinski definition) is 0. The normalized spacial score (nSPS) is 13.4. The van der Waals surface area contributed by atoms with E-state index < -0.39 is 5.41 Å². The summed E-state index contributed by atoms with van der Waals surface area (Å²) >= 11 is 0. The molecule has 1 aliphatic carbocycles. The predicted octanol–water partition coefficient (Wildman–Crippen LogP) is 17.6. The number of nitrogens with zero attached hydrogens (tertiary/aromatic N) is 1. The second kappa shape index (κ2) is 15.8. The Bertz CT molecular complexity index is 3970. The molecule has 0 radical (unpaired) electrons. The van der Waals surface area contributed by atoms with Crippen LogP contribution in [0.25, 0.3) is 77.2 Å². The molecule has 1 heterocycles. The van der Waals surface area contributed by atoms with E-state index in [0.717, 1.165) is 88.3 Å². The van der Waals surface area contributed by atoms with Gasteiger partial charge in [-0.15, -0.1) is 0 Å². The minimum atomic E-state index is -0.732. The Kier molecular flexibility index (Phi) is 8.15. The first-order valence-electron chi connectivity index (χ1n) is 24.8. The molecule has 13 rings (SSSR count). The minimum absolute atomic E-state index is 0.123. The summed E-state index contributed by atoms with van der Waals surface area (Å²) in [6.07, 6.45) is 0. The van der Waals surface area contributed by atoms with E-state index in [1.54, 1.807) is 0 Å². The number of benzene rings is 11. The van der Waals surface area contributed by atoms with Gasteiger partial charge in [-0.2, -0.15) is 0 Å². The number of fused-ring (bicyclic) bond motifs is 8. The number of furan rings is 1. The third-order valence-electron chi connectivity index (χ3n) is 13.6. The molecule has 0 fully saturated rings. The number of anilines is 3. The van der Waals surface area contributed by atoms with Gasteiger partial charge in [0.25, 0.3) is 0 Å². The Morgan fingerprint density at radius 3 is 1.70 bits per heavy atom. The van der Waals surface area contributed by atoms with Crippen LogP contribution >= 0.6 is 0 Å². The predicted molar refractivity (Wildman–Crippen MR) is 280 cm³/mol. The molecule has 314 valence electrons. The molecule has 1 aliphatic rings. The molecule has 0 amide bonds. The molecule has 11 aromatic carbocycles. The molecule has 0 bridgehead atoms. The summed E-state index contributed by atoms with van der Waals surface area (Å²) in [5.41, 5.74) is 13.7. The molecule has 12 aromatic rings. The fourth-order valence-electron chi connectivity index (χ4n) is 10.7. The molecule has 67 heavy (non-hydrogen) atoms. The highest BCUT2D eigenvalue weighted by atomic mass is 16.3. The maximum absolute atomic E-state index is 10.1. The van der Waals surface area contributed by atoms with Gasteiger partial charge >= 0.3 is 0 Å². The molecule has 0 saturated heterocycles. The van der Waals surface area contributed by atoms with Crippen molar-refractivity contribution in [2.45, 2.75) is 5.41 Å². The van der Waals surface area contributed by atoms with Crippen LogP contribution in [0.2, 0.25) is 0 Å². The third kappa shape index (κ3) is 6.18. The Morgan fingerprint density at radius 1 is 0.373 bits per heavy atom. The van der Waals surface area contributed by atoms with E-state index in [2.05, 4.69) is 140 Å². The van der Waals surface area contributed by atoms with E-state index in [9.17, 15) is 5.48 Å². The number of hydrogen-bond acceptors (Lipinski definition) is 2. The first-order valence-corrected chi connectivity index (χ1v) is 22.8. The van der Waals surface area contributed by atoms with Gasteiger partial charge in [0.15, 0.2) is 0 Å². The fraction of sp³-hybridized carbons (Fsp3) is 0.0154.